The first-order valence-electron chi connectivity index (χ1n) is 12.1. The van der Waals surface area contributed by atoms with Crippen molar-refractivity contribution in [2.45, 2.75) is 65.2 Å². The third-order valence-electron chi connectivity index (χ3n) is 7.96. The molecule has 32 heavy (non-hydrogen) atoms. The Morgan fingerprint density at radius 1 is 0.906 bits per heavy atom. The van der Waals surface area contributed by atoms with Gasteiger partial charge in [-0.05, 0) is 78.3 Å². The molecule has 2 nitrogen and oxygen atoms in total. The van der Waals surface area contributed by atoms with Gasteiger partial charge in [-0.2, -0.15) is 4.57 Å². The maximum atomic E-state index is 6.67. The third-order valence-corrected chi connectivity index (χ3v) is 7.96. The van der Waals surface area contributed by atoms with Gasteiger partial charge in [-0.1, -0.05) is 44.9 Å². The second kappa shape index (κ2) is 7.07. The van der Waals surface area contributed by atoms with Crippen LogP contribution in [0.15, 0.2) is 42.5 Å². The number of benzene rings is 3. The van der Waals surface area contributed by atoms with Crippen LogP contribution in [0, 0.1) is 13.8 Å². The Morgan fingerprint density at radius 3 is 2.44 bits per heavy atom. The summed E-state index contributed by atoms with van der Waals surface area (Å²) in [6.45, 7) is 9.00. The summed E-state index contributed by atoms with van der Waals surface area (Å²) in [7, 11) is 2.20. The molecule has 1 aliphatic carbocycles. The highest BCUT2D eigenvalue weighted by molar-refractivity contribution is 6.05. The highest BCUT2D eigenvalue weighted by atomic mass is 16.5. The lowest BCUT2D eigenvalue weighted by atomic mass is 9.88. The summed E-state index contributed by atoms with van der Waals surface area (Å²) in [6, 6.07) is 16.3. The topological polar surface area (TPSA) is 13.1 Å². The molecule has 162 valence electrons. The van der Waals surface area contributed by atoms with Crippen LogP contribution in [0.4, 0.5) is 0 Å². The summed E-state index contributed by atoms with van der Waals surface area (Å²) >= 11 is 0. The average molecular weight is 423 g/mol. The predicted octanol–water partition coefficient (Wildman–Crippen LogP) is 7.99. The molecule has 0 saturated heterocycles. The van der Waals surface area contributed by atoms with Crippen molar-refractivity contribution in [1.29, 1.82) is 0 Å². The zero-order valence-corrected chi connectivity index (χ0v) is 19.9. The summed E-state index contributed by atoms with van der Waals surface area (Å²) in [4.78, 5) is 0. The quantitative estimate of drug-likeness (QED) is 0.263. The molecule has 0 spiro atoms. The highest BCUT2D eigenvalue weighted by Gasteiger charge is 2.32. The fourth-order valence-corrected chi connectivity index (χ4v) is 5.97. The van der Waals surface area contributed by atoms with E-state index in [1.165, 1.54) is 80.9 Å². The zero-order chi connectivity index (χ0) is 22.1. The number of pyridine rings is 1. The summed E-state index contributed by atoms with van der Waals surface area (Å²) in [5.41, 5.74) is 9.30. The molecule has 2 aliphatic rings. The molecule has 1 saturated carbocycles. The summed E-state index contributed by atoms with van der Waals surface area (Å²) in [5, 5.41) is 3.81. The van der Waals surface area contributed by atoms with Gasteiger partial charge in [0.15, 0.2) is 5.75 Å². The van der Waals surface area contributed by atoms with Gasteiger partial charge < -0.3 is 4.74 Å². The number of fused-ring (bicyclic) bond motifs is 3. The molecule has 0 unspecified atom stereocenters. The minimum absolute atomic E-state index is 0.465. The number of hydrogen-bond donors (Lipinski definition) is 0. The van der Waals surface area contributed by atoms with Gasteiger partial charge in [0.1, 0.15) is 12.8 Å². The molecule has 0 atom stereocenters. The lowest BCUT2D eigenvalue weighted by Gasteiger charge is -2.24. The normalized spacial score (nSPS) is 15.6. The van der Waals surface area contributed by atoms with Gasteiger partial charge in [0.2, 0.25) is 5.52 Å². The Hall–Kier alpha value is -2.87. The van der Waals surface area contributed by atoms with E-state index in [-0.39, 0.29) is 0 Å². The van der Waals surface area contributed by atoms with Crippen molar-refractivity contribution in [3.8, 4) is 22.8 Å². The Morgan fingerprint density at radius 2 is 1.69 bits per heavy atom. The number of rotatable bonds is 2. The van der Waals surface area contributed by atoms with Crippen molar-refractivity contribution in [3.05, 3.63) is 64.7 Å². The molecule has 1 aliphatic heterocycles. The number of nitrogens with zero attached hydrogens (tertiary/aromatic N) is 1. The summed E-state index contributed by atoms with van der Waals surface area (Å²) < 4.78 is 9.02. The van der Waals surface area contributed by atoms with Crippen molar-refractivity contribution >= 4 is 21.7 Å². The molecule has 0 bridgehead atoms. The SMILES string of the molecule is Cc1cc2cc(C(C)C)cc3c2c(c1C)-c1c(cc2cc(C4CCCC4)ccc2[n+]1C)O3. The van der Waals surface area contributed by atoms with E-state index in [0.29, 0.717) is 5.92 Å². The molecular weight excluding hydrogens is 390 g/mol. The van der Waals surface area contributed by atoms with Gasteiger partial charge >= 0.3 is 0 Å². The minimum Gasteiger partial charge on any atom is -0.450 e. The van der Waals surface area contributed by atoms with Crippen LogP contribution >= 0.6 is 0 Å². The molecule has 2 heterocycles. The first kappa shape index (κ1) is 19.8. The predicted molar refractivity (Wildman–Crippen MR) is 133 cm³/mol. The molecular formula is C30H32NO+. The molecule has 4 aromatic rings. The van der Waals surface area contributed by atoms with Crippen LogP contribution in [-0.2, 0) is 7.05 Å². The number of aryl methyl sites for hydroxylation is 2. The lowest BCUT2D eigenvalue weighted by Crippen LogP contribution is -2.33. The van der Waals surface area contributed by atoms with Crippen LogP contribution < -0.4 is 9.30 Å². The van der Waals surface area contributed by atoms with Crippen LogP contribution in [-0.4, -0.2) is 0 Å². The highest BCUT2D eigenvalue weighted by Crippen LogP contribution is 2.49. The van der Waals surface area contributed by atoms with E-state index >= 15 is 0 Å². The number of hydrogen-bond acceptors (Lipinski definition) is 1. The van der Waals surface area contributed by atoms with Crippen LogP contribution in [0.2, 0.25) is 0 Å². The van der Waals surface area contributed by atoms with Crippen molar-refractivity contribution in [1.82, 2.24) is 0 Å². The van der Waals surface area contributed by atoms with Gasteiger partial charge in [0.25, 0.3) is 5.69 Å². The number of ether oxygens (including phenoxy) is 1. The van der Waals surface area contributed by atoms with E-state index in [1.54, 1.807) is 0 Å². The second-order valence-electron chi connectivity index (χ2n) is 10.3. The maximum absolute atomic E-state index is 6.67. The van der Waals surface area contributed by atoms with Gasteiger partial charge in [-0.25, -0.2) is 0 Å². The van der Waals surface area contributed by atoms with Crippen molar-refractivity contribution in [2.24, 2.45) is 7.05 Å². The van der Waals surface area contributed by atoms with Crippen LogP contribution in [0.25, 0.3) is 32.9 Å². The summed E-state index contributed by atoms with van der Waals surface area (Å²) in [6.07, 6.45) is 5.37. The van der Waals surface area contributed by atoms with E-state index in [2.05, 4.69) is 81.8 Å². The minimum atomic E-state index is 0.465. The van der Waals surface area contributed by atoms with Gasteiger partial charge in [-0.3, -0.25) is 0 Å². The Bertz CT molecular complexity index is 1410. The Labute approximate surface area is 190 Å². The van der Waals surface area contributed by atoms with Gasteiger partial charge in [0, 0.05) is 17.5 Å². The smallest absolute Gasteiger partial charge is 0.256 e. The zero-order valence-electron chi connectivity index (χ0n) is 19.9. The van der Waals surface area contributed by atoms with E-state index in [0.717, 1.165) is 17.4 Å². The van der Waals surface area contributed by atoms with Gasteiger partial charge in [0.05, 0.1) is 10.9 Å². The van der Waals surface area contributed by atoms with Crippen molar-refractivity contribution < 1.29 is 9.30 Å². The van der Waals surface area contributed by atoms with Crippen molar-refractivity contribution in [2.75, 3.05) is 0 Å². The Balaban J connectivity index is 1.65. The molecule has 0 amide bonds. The standard InChI is InChI=1S/C30H32NO/c1-17(2)22-14-24-12-18(3)19(4)28-29(24)26(15-22)32-27-16-23-13-21(20-8-6-7-9-20)10-11-25(23)31(5)30(27)28/h10-17,20H,6-9H2,1-5H3/q+1. The maximum Gasteiger partial charge on any atom is 0.256 e. The largest absolute Gasteiger partial charge is 0.450 e. The first-order chi connectivity index (χ1) is 15.4. The molecule has 1 fully saturated rings. The first-order valence-corrected chi connectivity index (χ1v) is 12.1. The van der Waals surface area contributed by atoms with E-state index in [9.17, 15) is 0 Å². The molecule has 0 radical (unpaired) electrons. The van der Waals surface area contributed by atoms with Gasteiger partial charge in [-0.15, -0.1) is 0 Å². The van der Waals surface area contributed by atoms with Crippen molar-refractivity contribution in [3.63, 3.8) is 0 Å². The second-order valence-corrected chi connectivity index (χ2v) is 10.3. The van der Waals surface area contributed by atoms with E-state index in [1.807, 2.05) is 0 Å². The molecule has 2 heteroatoms. The fraction of sp³-hybridized carbons (Fsp3) is 0.367. The van der Waals surface area contributed by atoms with Crippen LogP contribution in [0.5, 0.6) is 11.5 Å². The van der Waals surface area contributed by atoms with E-state index in [4.69, 9.17) is 4.74 Å². The monoisotopic (exact) mass is 422 g/mol. The molecule has 0 N–H and O–H groups in total. The molecule has 1 aromatic heterocycles. The van der Waals surface area contributed by atoms with Crippen LogP contribution in [0.3, 0.4) is 0 Å². The molecule has 6 rings (SSSR count). The van der Waals surface area contributed by atoms with Crippen LogP contribution in [0.1, 0.15) is 73.6 Å². The number of aromatic nitrogens is 1. The summed E-state index contributed by atoms with van der Waals surface area (Å²) in [5.74, 6) is 3.16. The lowest BCUT2D eigenvalue weighted by molar-refractivity contribution is -0.633. The Kier molecular flexibility index (Phi) is 4.37. The fourth-order valence-electron chi connectivity index (χ4n) is 5.97. The van der Waals surface area contributed by atoms with E-state index < -0.39 is 0 Å². The average Bonchev–Trinajstić information content (AvgIpc) is 3.31. The molecule has 3 aromatic carbocycles. The third kappa shape index (κ3) is 2.81.